The molecule has 2 aromatic carbocycles. The van der Waals surface area contributed by atoms with E-state index in [9.17, 15) is 9.18 Å². The molecule has 0 aromatic heterocycles. The smallest absolute Gasteiger partial charge is 0.162 e. The van der Waals surface area contributed by atoms with Crippen molar-refractivity contribution in [3.63, 3.8) is 0 Å². The molecule has 0 N–H and O–H groups in total. The van der Waals surface area contributed by atoms with E-state index in [0.29, 0.717) is 12.0 Å². The molecule has 0 spiro atoms. The lowest BCUT2D eigenvalue weighted by Crippen LogP contribution is -2.52. The number of carbonyl (C=O) groups is 1. The largest absolute Gasteiger partial charge is 0.360 e. The third-order valence-corrected chi connectivity index (χ3v) is 6.08. The summed E-state index contributed by atoms with van der Waals surface area (Å²) >= 11 is 0. The summed E-state index contributed by atoms with van der Waals surface area (Å²) in [6.07, 6.45) is 3.57. The van der Waals surface area contributed by atoms with Crippen LogP contribution in [0.3, 0.4) is 0 Å². The van der Waals surface area contributed by atoms with E-state index in [1.54, 1.807) is 12.1 Å². The minimum atomic E-state index is -0.308. The maximum Gasteiger partial charge on any atom is 0.162 e. The van der Waals surface area contributed by atoms with Crippen molar-refractivity contribution in [3.8, 4) is 0 Å². The number of carbonyl (C=O) groups excluding carboxylic acids is 1. The second-order valence-corrected chi connectivity index (χ2v) is 8.41. The van der Waals surface area contributed by atoms with Gasteiger partial charge in [-0.3, -0.25) is 9.69 Å². The second-order valence-electron chi connectivity index (χ2n) is 8.41. The Balaban J connectivity index is 1.45. The summed E-state index contributed by atoms with van der Waals surface area (Å²) in [4.78, 5) is 17.2. The Labute approximate surface area is 186 Å². The Morgan fingerprint density at radius 1 is 1.03 bits per heavy atom. The summed E-state index contributed by atoms with van der Waals surface area (Å²) in [6.45, 7) is 9.14. The number of rotatable bonds is 11. The predicted octanol–water partition coefficient (Wildman–Crippen LogP) is 4.79. The fourth-order valence-electron chi connectivity index (χ4n) is 3.96. The van der Waals surface area contributed by atoms with E-state index < -0.39 is 0 Å². The monoisotopic (exact) mass is 426 g/mol. The first-order valence-electron chi connectivity index (χ1n) is 11.5. The quantitative estimate of drug-likeness (QED) is 0.484. The molecule has 1 fully saturated rings. The minimum Gasteiger partial charge on any atom is -0.360 e. The van der Waals surface area contributed by atoms with Gasteiger partial charge in [0.25, 0.3) is 0 Å². The Hall–Kier alpha value is -2.08. The number of nitrogens with zero attached hydrogens (tertiary/aromatic N) is 2. The van der Waals surface area contributed by atoms with Crippen molar-refractivity contribution in [1.82, 2.24) is 9.80 Å². The fraction of sp³-hybridized carbons (Fsp3) is 0.500. The van der Waals surface area contributed by atoms with Crippen LogP contribution in [0.2, 0.25) is 0 Å². The zero-order valence-electron chi connectivity index (χ0n) is 18.8. The summed E-state index contributed by atoms with van der Waals surface area (Å²) in [7, 11) is 0. The highest BCUT2D eigenvalue weighted by molar-refractivity contribution is 5.95. The SMILES string of the molecule is CCC(C)OC(Cc1ccccc1)N1CCN(CCCC(=O)c2ccc(F)cc2)CC1. The molecule has 168 valence electrons. The third-order valence-electron chi connectivity index (χ3n) is 6.08. The summed E-state index contributed by atoms with van der Waals surface area (Å²) in [6, 6.07) is 16.4. The van der Waals surface area contributed by atoms with Gasteiger partial charge in [0.1, 0.15) is 12.0 Å². The Morgan fingerprint density at radius 3 is 2.35 bits per heavy atom. The van der Waals surface area contributed by atoms with E-state index in [-0.39, 0.29) is 23.9 Å². The topological polar surface area (TPSA) is 32.8 Å². The van der Waals surface area contributed by atoms with E-state index in [1.165, 1.54) is 17.7 Å². The normalized spacial score (nSPS) is 17.4. The highest BCUT2D eigenvalue weighted by Gasteiger charge is 2.25. The van der Waals surface area contributed by atoms with Gasteiger partial charge in [-0.15, -0.1) is 0 Å². The molecule has 0 aliphatic carbocycles. The van der Waals surface area contributed by atoms with Crippen LogP contribution in [-0.4, -0.2) is 60.6 Å². The van der Waals surface area contributed by atoms with Crippen LogP contribution in [0.5, 0.6) is 0 Å². The van der Waals surface area contributed by atoms with Gasteiger partial charge in [0.05, 0.1) is 6.10 Å². The number of halogens is 1. The third kappa shape index (κ3) is 7.53. The van der Waals surface area contributed by atoms with Crippen LogP contribution < -0.4 is 0 Å². The molecule has 1 aliphatic heterocycles. The van der Waals surface area contributed by atoms with Crippen molar-refractivity contribution in [2.24, 2.45) is 0 Å². The number of hydrogen-bond donors (Lipinski definition) is 0. The molecule has 31 heavy (non-hydrogen) atoms. The van der Waals surface area contributed by atoms with Crippen LogP contribution in [-0.2, 0) is 11.2 Å². The van der Waals surface area contributed by atoms with Crippen molar-refractivity contribution < 1.29 is 13.9 Å². The van der Waals surface area contributed by atoms with E-state index in [0.717, 1.165) is 52.0 Å². The Kier molecular flexibility index (Phi) is 9.19. The van der Waals surface area contributed by atoms with Crippen LogP contribution in [0.1, 0.15) is 49.0 Å². The van der Waals surface area contributed by atoms with Crippen molar-refractivity contribution in [3.05, 3.63) is 71.5 Å². The molecule has 2 aromatic rings. The van der Waals surface area contributed by atoms with Crippen LogP contribution >= 0.6 is 0 Å². The van der Waals surface area contributed by atoms with Gasteiger partial charge in [0.2, 0.25) is 0 Å². The van der Waals surface area contributed by atoms with Crippen LogP contribution in [0.15, 0.2) is 54.6 Å². The minimum absolute atomic E-state index is 0.0866. The van der Waals surface area contributed by atoms with Gasteiger partial charge in [-0.2, -0.15) is 0 Å². The van der Waals surface area contributed by atoms with E-state index >= 15 is 0 Å². The second kappa shape index (κ2) is 12.1. The maximum absolute atomic E-state index is 13.0. The number of benzene rings is 2. The molecular formula is C26H35FN2O2. The molecule has 1 heterocycles. The lowest BCUT2D eigenvalue weighted by molar-refractivity contribution is -0.106. The predicted molar refractivity (Wildman–Crippen MR) is 123 cm³/mol. The van der Waals surface area contributed by atoms with Crippen LogP contribution in [0, 0.1) is 5.82 Å². The Bertz CT molecular complexity index is 789. The number of ether oxygens (including phenoxy) is 1. The van der Waals surface area contributed by atoms with E-state index in [4.69, 9.17) is 4.74 Å². The molecule has 2 unspecified atom stereocenters. The van der Waals surface area contributed by atoms with Crippen molar-refractivity contribution in [1.29, 1.82) is 0 Å². The Morgan fingerprint density at radius 2 is 1.71 bits per heavy atom. The van der Waals surface area contributed by atoms with Gasteiger partial charge in [-0.05, 0) is 56.1 Å². The first-order chi connectivity index (χ1) is 15.0. The average Bonchev–Trinajstić information content (AvgIpc) is 2.80. The molecule has 1 saturated heterocycles. The maximum atomic E-state index is 13.0. The first-order valence-corrected chi connectivity index (χ1v) is 11.5. The van der Waals surface area contributed by atoms with Gasteiger partial charge in [0, 0.05) is 44.6 Å². The highest BCUT2D eigenvalue weighted by atomic mass is 19.1. The van der Waals surface area contributed by atoms with Crippen molar-refractivity contribution in [2.75, 3.05) is 32.7 Å². The molecule has 3 rings (SSSR count). The number of ketones is 1. The van der Waals surface area contributed by atoms with E-state index in [1.807, 2.05) is 6.07 Å². The van der Waals surface area contributed by atoms with Gasteiger partial charge < -0.3 is 9.64 Å². The number of Topliss-reactive ketones (excluding diaryl/α,β-unsaturated/α-hetero) is 1. The van der Waals surface area contributed by atoms with Gasteiger partial charge in [-0.25, -0.2) is 4.39 Å². The number of piperazine rings is 1. The number of hydrogen-bond acceptors (Lipinski definition) is 4. The van der Waals surface area contributed by atoms with Gasteiger partial charge in [-0.1, -0.05) is 37.3 Å². The van der Waals surface area contributed by atoms with Gasteiger partial charge >= 0.3 is 0 Å². The molecule has 0 bridgehead atoms. The van der Waals surface area contributed by atoms with E-state index in [2.05, 4.69) is 47.9 Å². The molecule has 0 radical (unpaired) electrons. The molecule has 2 atom stereocenters. The zero-order chi connectivity index (χ0) is 22.1. The highest BCUT2D eigenvalue weighted by Crippen LogP contribution is 2.17. The van der Waals surface area contributed by atoms with Gasteiger partial charge in [0.15, 0.2) is 5.78 Å². The molecule has 4 nitrogen and oxygen atoms in total. The molecule has 1 aliphatic rings. The summed E-state index contributed by atoms with van der Waals surface area (Å²) in [5.74, 6) is -0.221. The average molecular weight is 427 g/mol. The fourth-order valence-corrected chi connectivity index (χ4v) is 3.96. The molecule has 0 amide bonds. The molecule has 0 saturated carbocycles. The zero-order valence-corrected chi connectivity index (χ0v) is 18.8. The van der Waals surface area contributed by atoms with Crippen LogP contribution in [0.25, 0.3) is 0 Å². The van der Waals surface area contributed by atoms with Crippen LogP contribution in [0.4, 0.5) is 4.39 Å². The summed E-state index contributed by atoms with van der Waals surface area (Å²) in [5, 5.41) is 0. The standard InChI is InChI=1S/C26H35FN2O2/c1-3-21(2)31-26(20-22-8-5-4-6-9-22)29-18-16-28(17-19-29)15-7-10-25(30)23-11-13-24(27)14-12-23/h4-6,8-9,11-14,21,26H,3,7,10,15-20H2,1-2H3. The molecular weight excluding hydrogens is 391 g/mol. The first kappa shape index (κ1) is 23.6. The molecule has 5 heteroatoms. The lowest BCUT2D eigenvalue weighted by atomic mass is 10.1. The lowest BCUT2D eigenvalue weighted by Gasteiger charge is -2.40. The summed E-state index contributed by atoms with van der Waals surface area (Å²) < 4.78 is 19.4. The van der Waals surface area contributed by atoms with Crippen molar-refractivity contribution in [2.45, 2.75) is 51.9 Å². The summed E-state index contributed by atoms with van der Waals surface area (Å²) in [5.41, 5.74) is 1.90. The van der Waals surface area contributed by atoms with Crippen molar-refractivity contribution >= 4 is 5.78 Å².